The first-order valence-corrected chi connectivity index (χ1v) is 9.31. The Morgan fingerprint density at radius 3 is 2.29 bits per heavy atom. The third-order valence-electron chi connectivity index (χ3n) is 4.77. The van der Waals surface area contributed by atoms with Gasteiger partial charge in [0.2, 0.25) is 0 Å². The average Bonchev–Trinajstić information content (AvgIpc) is 3.38. The number of hydrogen-bond acceptors (Lipinski definition) is 4. The van der Waals surface area contributed by atoms with Crippen LogP contribution in [0.1, 0.15) is 23.3 Å². The average molecular weight is 397 g/mol. The Kier molecular flexibility index (Phi) is 4.83. The molecule has 0 aliphatic carbocycles. The number of likely N-dealkylation sites (tertiary alicyclic amines) is 1. The maximum absolute atomic E-state index is 13.0. The Bertz CT molecular complexity index is 1020. The number of hydrogen-bond donors (Lipinski definition) is 0. The van der Waals surface area contributed by atoms with Gasteiger partial charge in [0.25, 0.3) is 11.6 Å². The Morgan fingerprint density at radius 1 is 1.04 bits per heavy atom. The van der Waals surface area contributed by atoms with Crippen molar-refractivity contribution in [2.24, 2.45) is 0 Å². The van der Waals surface area contributed by atoms with Gasteiger partial charge in [-0.3, -0.25) is 14.9 Å². The van der Waals surface area contributed by atoms with E-state index in [2.05, 4.69) is 5.10 Å². The van der Waals surface area contributed by atoms with Gasteiger partial charge in [-0.2, -0.15) is 5.10 Å². The van der Waals surface area contributed by atoms with Gasteiger partial charge in [-0.1, -0.05) is 11.6 Å². The number of non-ortho nitro benzene ring substituents is 1. The quantitative estimate of drug-likeness (QED) is 0.485. The van der Waals surface area contributed by atoms with Crippen LogP contribution in [0.3, 0.4) is 0 Å². The van der Waals surface area contributed by atoms with Crippen LogP contribution in [0.2, 0.25) is 5.02 Å². The molecule has 0 bridgehead atoms. The van der Waals surface area contributed by atoms with Crippen LogP contribution in [0.15, 0.2) is 54.6 Å². The standard InChI is InChI=1S/C20H17ClN4O3/c21-15-5-9-16(10-6-15)24-19(20(26)23-11-1-2-12-23)13-18(22-24)14-3-7-17(8-4-14)25(27)28/h3-10,13H,1-2,11-12H2. The molecule has 2 aromatic carbocycles. The lowest BCUT2D eigenvalue weighted by Crippen LogP contribution is -2.29. The Morgan fingerprint density at radius 2 is 1.68 bits per heavy atom. The topological polar surface area (TPSA) is 81.3 Å². The van der Waals surface area contributed by atoms with Crippen molar-refractivity contribution in [2.45, 2.75) is 12.8 Å². The monoisotopic (exact) mass is 396 g/mol. The Labute approximate surface area is 166 Å². The minimum Gasteiger partial charge on any atom is -0.337 e. The molecule has 0 atom stereocenters. The lowest BCUT2D eigenvalue weighted by molar-refractivity contribution is -0.384. The number of nitrogens with zero attached hydrogens (tertiary/aromatic N) is 4. The summed E-state index contributed by atoms with van der Waals surface area (Å²) < 4.78 is 1.60. The minimum absolute atomic E-state index is 0.00857. The first-order chi connectivity index (χ1) is 13.5. The lowest BCUT2D eigenvalue weighted by Gasteiger charge is -2.16. The summed E-state index contributed by atoms with van der Waals surface area (Å²) in [6.07, 6.45) is 1.99. The van der Waals surface area contributed by atoms with Crippen molar-refractivity contribution in [3.05, 3.63) is 75.4 Å². The molecular formula is C20H17ClN4O3. The van der Waals surface area contributed by atoms with Gasteiger partial charge < -0.3 is 4.90 Å². The van der Waals surface area contributed by atoms with Crippen molar-refractivity contribution in [3.63, 3.8) is 0 Å². The van der Waals surface area contributed by atoms with Gasteiger partial charge in [-0.25, -0.2) is 4.68 Å². The molecule has 1 aliphatic rings. The fourth-order valence-electron chi connectivity index (χ4n) is 3.29. The summed E-state index contributed by atoms with van der Waals surface area (Å²) in [6.45, 7) is 1.47. The second-order valence-electron chi connectivity index (χ2n) is 6.61. The van der Waals surface area contributed by atoms with Gasteiger partial charge in [0.05, 0.1) is 16.3 Å². The van der Waals surface area contributed by atoms with Crippen molar-refractivity contribution in [3.8, 4) is 16.9 Å². The highest BCUT2D eigenvalue weighted by molar-refractivity contribution is 6.30. The molecule has 1 saturated heterocycles. The lowest BCUT2D eigenvalue weighted by atomic mass is 10.1. The van der Waals surface area contributed by atoms with E-state index in [1.165, 1.54) is 12.1 Å². The molecule has 1 fully saturated rings. The van der Waals surface area contributed by atoms with Crippen LogP contribution < -0.4 is 0 Å². The van der Waals surface area contributed by atoms with Crippen LogP contribution in [0.25, 0.3) is 16.9 Å². The number of aromatic nitrogens is 2. The van der Waals surface area contributed by atoms with Gasteiger partial charge in [-0.05, 0) is 55.3 Å². The molecule has 28 heavy (non-hydrogen) atoms. The van der Waals surface area contributed by atoms with Crippen LogP contribution in [-0.4, -0.2) is 38.6 Å². The van der Waals surface area contributed by atoms with E-state index < -0.39 is 4.92 Å². The molecule has 1 aliphatic heterocycles. The summed E-state index contributed by atoms with van der Waals surface area (Å²) >= 11 is 5.99. The minimum atomic E-state index is -0.446. The number of benzene rings is 2. The Hall–Kier alpha value is -3.19. The normalized spacial score (nSPS) is 13.7. The summed E-state index contributed by atoms with van der Waals surface area (Å²) in [5, 5.41) is 16.1. The molecule has 0 saturated carbocycles. The van der Waals surface area contributed by atoms with E-state index in [4.69, 9.17) is 11.6 Å². The van der Waals surface area contributed by atoms with E-state index in [9.17, 15) is 14.9 Å². The smallest absolute Gasteiger partial charge is 0.272 e. The maximum atomic E-state index is 13.0. The van der Waals surface area contributed by atoms with Crippen LogP contribution >= 0.6 is 11.6 Å². The SMILES string of the molecule is O=C(c1cc(-c2ccc([N+](=O)[O-])cc2)nn1-c1ccc(Cl)cc1)N1CCCC1. The summed E-state index contributed by atoms with van der Waals surface area (Å²) in [7, 11) is 0. The van der Waals surface area contributed by atoms with Crippen molar-refractivity contribution >= 4 is 23.2 Å². The number of amides is 1. The molecule has 0 unspecified atom stereocenters. The van der Waals surface area contributed by atoms with E-state index in [1.54, 1.807) is 47.1 Å². The molecule has 0 N–H and O–H groups in total. The fourth-order valence-corrected chi connectivity index (χ4v) is 3.42. The number of carbonyl (C=O) groups is 1. The summed E-state index contributed by atoms with van der Waals surface area (Å²) in [6, 6.07) is 15.0. The fraction of sp³-hybridized carbons (Fsp3) is 0.200. The first kappa shape index (κ1) is 18.2. The van der Waals surface area contributed by atoms with Gasteiger partial charge in [-0.15, -0.1) is 0 Å². The van der Waals surface area contributed by atoms with Crippen molar-refractivity contribution in [2.75, 3.05) is 13.1 Å². The Balaban J connectivity index is 1.77. The summed E-state index contributed by atoms with van der Waals surface area (Å²) in [5.74, 6) is -0.0758. The highest BCUT2D eigenvalue weighted by Gasteiger charge is 2.25. The van der Waals surface area contributed by atoms with Gasteiger partial charge >= 0.3 is 0 Å². The number of carbonyl (C=O) groups excluding carboxylic acids is 1. The maximum Gasteiger partial charge on any atom is 0.272 e. The predicted molar refractivity (Wildman–Crippen MR) is 106 cm³/mol. The molecule has 1 aromatic heterocycles. The molecule has 3 aromatic rings. The van der Waals surface area contributed by atoms with E-state index in [-0.39, 0.29) is 11.6 Å². The highest BCUT2D eigenvalue weighted by atomic mass is 35.5. The summed E-state index contributed by atoms with van der Waals surface area (Å²) in [4.78, 5) is 25.3. The number of halogens is 1. The third kappa shape index (κ3) is 3.48. The predicted octanol–water partition coefficient (Wildman–Crippen LogP) is 4.34. The molecular weight excluding hydrogens is 380 g/mol. The summed E-state index contributed by atoms with van der Waals surface area (Å²) in [5.41, 5.74) is 2.47. The van der Waals surface area contributed by atoms with E-state index in [0.717, 1.165) is 31.6 Å². The van der Waals surface area contributed by atoms with E-state index in [0.29, 0.717) is 22.0 Å². The molecule has 1 amide bonds. The van der Waals surface area contributed by atoms with Crippen LogP contribution in [-0.2, 0) is 0 Å². The van der Waals surface area contributed by atoms with Gasteiger partial charge in [0, 0.05) is 35.8 Å². The molecule has 7 nitrogen and oxygen atoms in total. The molecule has 142 valence electrons. The molecule has 2 heterocycles. The molecule has 0 radical (unpaired) electrons. The van der Waals surface area contributed by atoms with E-state index >= 15 is 0 Å². The molecule has 8 heteroatoms. The van der Waals surface area contributed by atoms with Crippen molar-refractivity contribution in [1.82, 2.24) is 14.7 Å². The zero-order chi connectivity index (χ0) is 19.7. The third-order valence-corrected chi connectivity index (χ3v) is 5.02. The number of nitro groups is 1. The van der Waals surface area contributed by atoms with Crippen LogP contribution in [0.5, 0.6) is 0 Å². The van der Waals surface area contributed by atoms with Crippen molar-refractivity contribution in [1.29, 1.82) is 0 Å². The van der Waals surface area contributed by atoms with Crippen LogP contribution in [0.4, 0.5) is 5.69 Å². The second-order valence-corrected chi connectivity index (χ2v) is 7.04. The highest BCUT2D eigenvalue weighted by Crippen LogP contribution is 2.26. The second kappa shape index (κ2) is 7.44. The zero-order valence-corrected chi connectivity index (χ0v) is 15.7. The van der Waals surface area contributed by atoms with Crippen LogP contribution in [0, 0.1) is 10.1 Å². The van der Waals surface area contributed by atoms with Gasteiger partial charge in [0.1, 0.15) is 5.69 Å². The number of rotatable bonds is 4. The number of nitro benzene ring substituents is 1. The van der Waals surface area contributed by atoms with E-state index in [1.807, 2.05) is 4.90 Å². The first-order valence-electron chi connectivity index (χ1n) is 8.93. The molecule has 4 rings (SSSR count). The van der Waals surface area contributed by atoms with Crippen molar-refractivity contribution < 1.29 is 9.72 Å². The largest absolute Gasteiger partial charge is 0.337 e. The molecule has 0 spiro atoms. The van der Waals surface area contributed by atoms with Gasteiger partial charge in [0.15, 0.2) is 0 Å². The zero-order valence-electron chi connectivity index (χ0n) is 14.9.